The lowest BCUT2D eigenvalue weighted by Crippen LogP contribution is -2.23. The van der Waals surface area contributed by atoms with Gasteiger partial charge in [-0.2, -0.15) is 0 Å². The summed E-state index contributed by atoms with van der Waals surface area (Å²) in [5.41, 5.74) is 4.04. The van der Waals surface area contributed by atoms with Crippen LogP contribution in [-0.2, 0) is 12.0 Å². The smallest absolute Gasteiger partial charge is 0.257 e. The topological polar surface area (TPSA) is 58.1 Å². The molecule has 0 unspecified atom stereocenters. The van der Waals surface area contributed by atoms with Crippen LogP contribution in [0.2, 0.25) is 0 Å². The number of amides is 1. The lowest BCUT2D eigenvalue weighted by Gasteiger charge is -2.22. The number of anilines is 1. The molecule has 1 aliphatic rings. The Bertz CT molecular complexity index is 992. The van der Waals surface area contributed by atoms with E-state index in [4.69, 9.17) is 4.98 Å². The van der Waals surface area contributed by atoms with Crippen LogP contribution in [-0.4, -0.2) is 27.3 Å². The quantitative estimate of drug-likeness (QED) is 0.598. The zero-order chi connectivity index (χ0) is 21.1. The highest BCUT2D eigenvalue weighted by atomic mass is 32.1. The second kappa shape index (κ2) is 8.66. The number of thiazole rings is 1. The van der Waals surface area contributed by atoms with Gasteiger partial charge < -0.3 is 0 Å². The predicted octanol–water partition coefficient (Wildman–Crippen LogP) is 5.43. The van der Waals surface area contributed by atoms with Crippen molar-refractivity contribution in [2.75, 3.05) is 11.9 Å². The van der Waals surface area contributed by atoms with Crippen molar-refractivity contribution in [3.05, 3.63) is 76.6 Å². The number of rotatable bonds is 5. The molecule has 1 fully saturated rings. The summed E-state index contributed by atoms with van der Waals surface area (Å²) in [4.78, 5) is 24.3. The standard InChI is InChI=1S/C24H28N4OS/c1-24(2,3)18-11-9-17(10-12-18)22(29)27-23-26-20(16-30-23)21-8-6-14-28(21)15-19-7-4-5-13-25-19/h4-5,7,9-13,16,21H,6,8,14-15H2,1-3H3,(H,26,27,29)/t21-/m0/s1. The third-order valence-electron chi connectivity index (χ3n) is 5.55. The lowest BCUT2D eigenvalue weighted by molar-refractivity contribution is 0.102. The number of nitrogens with zero attached hydrogens (tertiary/aromatic N) is 3. The van der Waals surface area contributed by atoms with Crippen LogP contribution >= 0.6 is 11.3 Å². The van der Waals surface area contributed by atoms with Crippen molar-refractivity contribution in [1.82, 2.24) is 14.9 Å². The number of nitrogens with one attached hydrogen (secondary N) is 1. The SMILES string of the molecule is CC(C)(C)c1ccc(C(=O)Nc2nc([C@@H]3CCCN3Cc3ccccn3)cs2)cc1. The highest BCUT2D eigenvalue weighted by Crippen LogP contribution is 2.34. The first-order valence-corrected chi connectivity index (χ1v) is 11.3. The molecule has 1 amide bonds. The van der Waals surface area contributed by atoms with E-state index < -0.39 is 0 Å². The Kier molecular flexibility index (Phi) is 5.97. The molecule has 6 heteroatoms. The number of hydrogen-bond donors (Lipinski definition) is 1. The first kappa shape index (κ1) is 20.7. The van der Waals surface area contributed by atoms with Gasteiger partial charge in [-0.05, 0) is 54.6 Å². The maximum absolute atomic E-state index is 12.6. The van der Waals surface area contributed by atoms with Crippen molar-refractivity contribution in [1.29, 1.82) is 0 Å². The van der Waals surface area contributed by atoms with Gasteiger partial charge in [0, 0.05) is 23.7 Å². The lowest BCUT2D eigenvalue weighted by atomic mass is 9.87. The van der Waals surface area contributed by atoms with Crippen LogP contribution in [0, 0.1) is 0 Å². The van der Waals surface area contributed by atoms with E-state index in [-0.39, 0.29) is 17.4 Å². The minimum Gasteiger partial charge on any atom is -0.298 e. The van der Waals surface area contributed by atoms with Crippen molar-refractivity contribution in [2.45, 2.75) is 51.6 Å². The van der Waals surface area contributed by atoms with Crippen LogP contribution in [0.25, 0.3) is 0 Å². The summed E-state index contributed by atoms with van der Waals surface area (Å²) in [5.74, 6) is -0.117. The van der Waals surface area contributed by atoms with Crippen molar-refractivity contribution in [3.63, 3.8) is 0 Å². The zero-order valence-corrected chi connectivity index (χ0v) is 18.6. The summed E-state index contributed by atoms with van der Waals surface area (Å²) in [5, 5.41) is 5.68. The molecule has 3 aromatic rings. The molecule has 1 N–H and O–H groups in total. The van der Waals surface area contributed by atoms with E-state index in [0.717, 1.165) is 37.3 Å². The van der Waals surface area contributed by atoms with Crippen LogP contribution in [0.5, 0.6) is 0 Å². The van der Waals surface area contributed by atoms with Crippen LogP contribution in [0.4, 0.5) is 5.13 Å². The van der Waals surface area contributed by atoms with Gasteiger partial charge >= 0.3 is 0 Å². The molecule has 1 aliphatic heterocycles. The normalized spacial score (nSPS) is 17.2. The van der Waals surface area contributed by atoms with Gasteiger partial charge in [-0.1, -0.05) is 39.0 Å². The first-order valence-electron chi connectivity index (χ1n) is 10.4. The second-order valence-electron chi connectivity index (χ2n) is 8.81. The highest BCUT2D eigenvalue weighted by Gasteiger charge is 2.28. The molecule has 1 atom stereocenters. The van der Waals surface area contributed by atoms with Crippen molar-refractivity contribution < 1.29 is 4.79 Å². The third kappa shape index (κ3) is 4.77. The summed E-state index contributed by atoms with van der Waals surface area (Å²) in [6, 6.07) is 14.1. The zero-order valence-electron chi connectivity index (χ0n) is 17.8. The molecule has 0 aliphatic carbocycles. The van der Waals surface area contributed by atoms with Gasteiger partial charge in [-0.15, -0.1) is 11.3 Å². The van der Waals surface area contributed by atoms with Crippen LogP contribution in [0.3, 0.4) is 0 Å². The number of carbonyl (C=O) groups is 1. The number of carbonyl (C=O) groups excluding carboxylic acids is 1. The minimum atomic E-state index is -0.117. The largest absolute Gasteiger partial charge is 0.298 e. The fourth-order valence-corrected chi connectivity index (χ4v) is 4.59. The Hall–Kier alpha value is -2.57. The molecule has 1 aromatic carbocycles. The van der Waals surface area contributed by atoms with E-state index in [0.29, 0.717) is 10.7 Å². The van der Waals surface area contributed by atoms with Gasteiger partial charge in [0.1, 0.15) is 0 Å². The molecule has 3 heterocycles. The van der Waals surface area contributed by atoms with E-state index in [1.54, 1.807) is 0 Å². The molecule has 30 heavy (non-hydrogen) atoms. The number of benzene rings is 1. The van der Waals surface area contributed by atoms with E-state index in [9.17, 15) is 4.79 Å². The molecule has 5 nitrogen and oxygen atoms in total. The van der Waals surface area contributed by atoms with Gasteiger partial charge in [0.05, 0.1) is 17.4 Å². The molecule has 0 bridgehead atoms. The number of aromatic nitrogens is 2. The summed E-state index contributed by atoms with van der Waals surface area (Å²) in [6.45, 7) is 8.36. The van der Waals surface area contributed by atoms with Crippen molar-refractivity contribution in [3.8, 4) is 0 Å². The number of hydrogen-bond acceptors (Lipinski definition) is 5. The van der Waals surface area contributed by atoms with Gasteiger partial charge in [0.2, 0.25) is 0 Å². The maximum Gasteiger partial charge on any atom is 0.257 e. The molecule has 0 saturated carbocycles. The van der Waals surface area contributed by atoms with Crippen LogP contribution in [0.15, 0.2) is 54.0 Å². The van der Waals surface area contributed by atoms with E-state index in [1.807, 2.05) is 42.6 Å². The van der Waals surface area contributed by atoms with Crippen molar-refractivity contribution in [2.24, 2.45) is 0 Å². The fourth-order valence-electron chi connectivity index (χ4n) is 3.84. The molecule has 1 saturated heterocycles. The Labute approximate surface area is 182 Å². The second-order valence-corrected chi connectivity index (χ2v) is 9.67. The van der Waals surface area contributed by atoms with E-state index in [2.05, 4.69) is 47.4 Å². The van der Waals surface area contributed by atoms with Crippen molar-refractivity contribution >= 4 is 22.4 Å². The molecular formula is C24H28N4OS. The molecular weight excluding hydrogens is 392 g/mol. The Balaban J connectivity index is 1.41. The first-order chi connectivity index (χ1) is 14.4. The summed E-state index contributed by atoms with van der Waals surface area (Å²) >= 11 is 1.49. The van der Waals surface area contributed by atoms with Crippen LogP contribution in [0.1, 0.15) is 67.0 Å². The summed E-state index contributed by atoms with van der Waals surface area (Å²) in [7, 11) is 0. The molecule has 0 radical (unpaired) electrons. The predicted molar refractivity (Wildman–Crippen MR) is 122 cm³/mol. The number of likely N-dealkylation sites (tertiary alicyclic amines) is 1. The third-order valence-corrected chi connectivity index (χ3v) is 6.33. The summed E-state index contributed by atoms with van der Waals surface area (Å²) < 4.78 is 0. The Morgan fingerprint density at radius 2 is 2.00 bits per heavy atom. The van der Waals surface area contributed by atoms with Gasteiger partial charge in [0.25, 0.3) is 5.91 Å². The maximum atomic E-state index is 12.6. The Morgan fingerprint density at radius 3 is 2.70 bits per heavy atom. The van der Waals surface area contributed by atoms with Gasteiger partial charge in [-0.3, -0.25) is 20.0 Å². The van der Waals surface area contributed by atoms with E-state index >= 15 is 0 Å². The fraction of sp³-hybridized carbons (Fsp3) is 0.375. The minimum absolute atomic E-state index is 0.0711. The van der Waals surface area contributed by atoms with Crippen LogP contribution < -0.4 is 5.32 Å². The summed E-state index contributed by atoms with van der Waals surface area (Å²) in [6.07, 6.45) is 4.07. The van der Waals surface area contributed by atoms with Gasteiger partial charge in [0.15, 0.2) is 5.13 Å². The number of pyridine rings is 1. The average molecular weight is 421 g/mol. The molecule has 0 spiro atoms. The molecule has 156 valence electrons. The van der Waals surface area contributed by atoms with Gasteiger partial charge in [-0.25, -0.2) is 4.98 Å². The highest BCUT2D eigenvalue weighted by molar-refractivity contribution is 7.14. The molecule has 2 aromatic heterocycles. The van der Waals surface area contributed by atoms with E-state index in [1.165, 1.54) is 16.9 Å². The molecule has 4 rings (SSSR count). The Morgan fingerprint density at radius 1 is 1.20 bits per heavy atom. The average Bonchev–Trinajstić information content (AvgIpc) is 3.37. The monoisotopic (exact) mass is 420 g/mol.